The Morgan fingerprint density at radius 2 is 1.87 bits per heavy atom. The summed E-state index contributed by atoms with van der Waals surface area (Å²) in [5.41, 5.74) is 1.44. The van der Waals surface area contributed by atoms with Gasteiger partial charge in [-0.05, 0) is 64.1 Å². The van der Waals surface area contributed by atoms with Crippen molar-refractivity contribution < 1.29 is 4.74 Å². The molecule has 2 aliphatic rings. The Balaban J connectivity index is 1.43. The molecule has 1 N–H and O–H groups in total. The fraction of sp³-hybridized carbons (Fsp3) is 0.700. The van der Waals surface area contributed by atoms with Crippen molar-refractivity contribution in [3.05, 3.63) is 35.9 Å². The molecule has 3 heteroatoms. The molecule has 128 valence electrons. The molecule has 0 radical (unpaired) electrons. The highest BCUT2D eigenvalue weighted by Crippen LogP contribution is 2.21. The highest BCUT2D eigenvalue weighted by atomic mass is 16.5. The number of hydrogen-bond acceptors (Lipinski definition) is 3. The summed E-state index contributed by atoms with van der Waals surface area (Å²) >= 11 is 0. The second-order valence-electron chi connectivity index (χ2n) is 7.56. The van der Waals surface area contributed by atoms with E-state index in [9.17, 15) is 0 Å². The largest absolute Gasteiger partial charge is 0.375 e. The van der Waals surface area contributed by atoms with Crippen LogP contribution in [0.4, 0.5) is 0 Å². The second kappa shape index (κ2) is 8.27. The lowest BCUT2D eigenvalue weighted by Crippen LogP contribution is -2.45. The van der Waals surface area contributed by atoms with Crippen LogP contribution in [0.5, 0.6) is 0 Å². The van der Waals surface area contributed by atoms with Gasteiger partial charge in [-0.3, -0.25) is 4.90 Å². The molecule has 3 rings (SSSR count). The minimum absolute atomic E-state index is 0.400. The Hall–Kier alpha value is -0.900. The fourth-order valence-electron chi connectivity index (χ4n) is 4.21. The van der Waals surface area contributed by atoms with Gasteiger partial charge in [0.2, 0.25) is 0 Å². The Morgan fingerprint density at radius 3 is 2.61 bits per heavy atom. The van der Waals surface area contributed by atoms with Gasteiger partial charge in [0, 0.05) is 19.1 Å². The first-order chi connectivity index (χ1) is 11.2. The molecule has 0 saturated carbocycles. The van der Waals surface area contributed by atoms with Crippen LogP contribution in [0.25, 0.3) is 0 Å². The number of nitrogens with one attached hydrogen (secondary N) is 1. The van der Waals surface area contributed by atoms with E-state index in [-0.39, 0.29) is 0 Å². The van der Waals surface area contributed by atoms with Gasteiger partial charge in [0.15, 0.2) is 0 Å². The zero-order chi connectivity index (χ0) is 16.1. The topological polar surface area (TPSA) is 24.5 Å². The second-order valence-corrected chi connectivity index (χ2v) is 7.56. The van der Waals surface area contributed by atoms with Crippen LogP contribution in [0, 0.1) is 5.92 Å². The van der Waals surface area contributed by atoms with Crippen molar-refractivity contribution in [2.45, 2.75) is 64.3 Å². The SMILES string of the molecule is CC1CC(NCC2CCCN(Cc3ccccc3)C2)CC(C)O1. The van der Waals surface area contributed by atoms with Gasteiger partial charge in [0.05, 0.1) is 12.2 Å². The molecular formula is C20H32N2O. The van der Waals surface area contributed by atoms with Crippen molar-refractivity contribution >= 4 is 0 Å². The van der Waals surface area contributed by atoms with E-state index in [0.29, 0.717) is 18.2 Å². The maximum Gasteiger partial charge on any atom is 0.0565 e. The van der Waals surface area contributed by atoms with Crippen molar-refractivity contribution in [2.75, 3.05) is 19.6 Å². The van der Waals surface area contributed by atoms with Gasteiger partial charge in [0.1, 0.15) is 0 Å². The zero-order valence-electron chi connectivity index (χ0n) is 14.7. The lowest BCUT2D eigenvalue weighted by atomic mass is 9.95. The van der Waals surface area contributed by atoms with Crippen LogP contribution < -0.4 is 5.32 Å². The minimum atomic E-state index is 0.400. The molecule has 0 bridgehead atoms. The van der Waals surface area contributed by atoms with Crippen LogP contribution in [-0.4, -0.2) is 42.8 Å². The summed E-state index contributed by atoms with van der Waals surface area (Å²) in [6, 6.07) is 11.5. The van der Waals surface area contributed by atoms with E-state index >= 15 is 0 Å². The quantitative estimate of drug-likeness (QED) is 0.900. The first-order valence-corrected chi connectivity index (χ1v) is 9.34. The van der Waals surface area contributed by atoms with E-state index in [1.165, 1.54) is 31.5 Å². The van der Waals surface area contributed by atoms with Crippen LogP contribution in [0.1, 0.15) is 45.1 Å². The summed E-state index contributed by atoms with van der Waals surface area (Å²) in [5, 5.41) is 3.83. The average Bonchev–Trinajstić information content (AvgIpc) is 2.53. The van der Waals surface area contributed by atoms with Gasteiger partial charge >= 0.3 is 0 Å². The molecule has 3 unspecified atom stereocenters. The van der Waals surface area contributed by atoms with E-state index in [2.05, 4.69) is 54.4 Å². The molecule has 2 heterocycles. The third-order valence-corrected chi connectivity index (χ3v) is 5.24. The number of likely N-dealkylation sites (tertiary alicyclic amines) is 1. The summed E-state index contributed by atoms with van der Waals surface area (Å²) in [6.45, 7) is 9.14. The van der Waals surface area contributed by atoms with Gasteiger partial charge in [-0.1, -0.05) is 30.3 Å². The molecule has 0 aliphatic carbocycles. The number of hydrogen-bond donors (Lipinski definition) is 1. The lowest BCUT2D eigenvalue weighted by Gasteiger charge is -2.36. The minimum Gasteiger partial charge on any atom is -0.375 e. The van der Waals surface area contributed by atoms with Gasteiger partial charge in [0.25, 0.3) is 0 Å². The Labute approximate surface area is 141 Å². The number of rotatable bonds is 5. The van der Waals surface area contributed by atoms with Gasteiger partial charge in [-0.15, -0.1) is 0 Å². The molecule has 1 aromatic carbocycles. The van der Waals surface area contributed by atoms with E-state index in [4.69, 9.17) is 4.74 Å². The van der Waals surface area contributed by atoms with Gasteiger partial charge in [-0.25, -0.2) is 0 Å². The molecule has 2 fully saturated rings. The summed E-state index contributed by atoms with van der Waals surface area (Å²) in [6.07, 6.45) is 5.82. The van der Waals surface area contributed by atoms with Gasteiger partial charge < -0.3 is 10.1 Å². The standard InChI is InChI=1S/C20H32N2O/c1-16-11-20(12-17(2)23-16)21-13-19-9-6-10-22(15-19)14-18-7-4-3-5-8-18/h3-5,7-8,16-17,19-21H,6,9-15H2,1-2H3. The molecular weight excluding hydrogens is 284 g/mol. The monoisotopic (exact) mass is 316 g/mol. The van der Waals surface area contributed by atoms with E-state index in [1.54, 1.807) is 0 Å². The van der Waals surface area contributed by atoms with Crippen molar-refractivity contribution in [1.82, 2.24) is 10.2 Å². The molecule has 1 aromatic rings. The third kappa shape index (κ3) is 5.30. The Morgan fingerprint density at radius 1 is 1.13 bits per heavy atom. The van der Waals surface area contributed by atoms with E-state index < -0.39 is 0 Å². The van der Waals surface area contributed by atoms with E-state index in [0.717, 1.165) is 31.8 Å². The molecule has 2 saturated heterocycles. The van der Waals surface area contributed by atoms with Crippen LogP contribution in [0.3, 0.4) is 0 Å². The zero-order valence-corrected chi connectivity index (χ0v) is 14.7. The molecule has 0 aromatic heterocycles. The predicted octanol–water partition coefficient (Wildman–Crippen LogP) is 3.44. The molecule has 3 atom stereocenters. The molecule has 0 amide bonds. The maximum absolute atomic E-state index is 5.84. The summed E-state index contributed by atoms with van der Waals surface area (Å²) in [4.78, 5) is 2.63. The fourth-order valence-corrected chi connectivity index (χ4v) is 4.21. The van der Waals surface area contributed by atoms with Crippen LogP contribution in [0.15, 0.2) is 30.3 Å². The van der Waals surface area contributed by atoms with E-state index in [1.807, 2.05) is 0 Å². The highest BCUT2D eigenvalue weighted by Gasteiger charge is 2.26. The van der Waals surface area contributed by atoms with Crippen molar-refractivity contribution in [3.63, 3.8) is 0 Å². The number of benzene rings is 1. The summed E-state index contributed by atoms with van der Waals surface area (Å²) in [7, 11) is 0. The first kappa shape index (κ1) is 16.9. The summed E-state index contributed by atoms with van der Waals surface area (Å²) in [5.74, 6) is 0.793. The molecule has 23 heavy (non-hydrogen) atoms. The first-order valence-electron chi connectivity index (χ1n) is 9.34. The molecule has 3 nitrogen and oxygen atoms in total. The van der Waals surface area contributed by atoms with Gasteiger partial charge in [-0.2, -0.15) is 0 Å². The smallest absolute Gasteiger partial charge is 0.0565 e. The predicted molar refractivity (Wildman–Crippen MR) is 95.5 cm³/mol. The van der Waals surface area contributed by atoms with Crippen molar-refractivity contribution in [2.24, 2.45) is 5.92 Å². The normalized spacial score (nSPS) is 32.8. The maximum atomic E-state index is 5.84. The highest BCUT2D eigenvalue weighted by molar-refractivity contribution is 5.14. The molecule has 0 spiro atoms. The number of piperidine rings is 1. The number of nitrogens with zero attached hydrogens (tertiary/aromatic N) is 1. The van der Waals surface area contributed by atoms with Crippen LogP contribution >= 0.6 is 0 Å². The Kier molecular flexibility index (Phi) is 6.09. The number of ether oxygens (including phenoxy) is 1. The average molecular weight is 316 g/mol. The molecule has 2 aliphatic heterocycles. The van der Waals surface area contributed by atoms with Crippen LogP contribution in [-0.2, 0) is 11.3 Å². The van der Waals surface area contributed by atoms with Crippen LogP contribution in [0.2, 0.25) is 0 Å². The summed E-state index contributed by atoms with van der Waals surface area (Å²) < 4.78 is 5.84. The van der Waals surface area contributed by atoms with Crippen molar-refractivity contribution in [3.8, 4) is 0 Å². The third-order valence-electron chi connectivity index (χ3n) is 5.24. The lowest BCUT2D eigenvalue weighted by molar-refractivity contribution is -0.0428. The van der Waals surface area contributed by atoms with Crippen molar-refractivity contribution in [1.29, 1.82) is 0 Å². The Bertz CT molecular complexity index is 454.